The maximum atomic E-state index is 13.2. The molecule has 0 saturated heterocycles. The molecule has 0 atom stereocenters. The predicted octanol–water partition coefficient (Wildman–Crippen LogP) is 3.65. The quantitative estimate of drug-likeness (QED) is 0.781. The highest BCUT2D eigenvalue weighted by Crippen LogP contribution is 2.57. The normalized spacial score (nSPS) is 22.9. The van der Waals surface area contributed by atoms with Crippen molar-refractivity contribution in [3.63, 3.8) is 0 Å². The van der Waals surface area contributed by atoms with Crippen LogP contribution in [0.15, 0.2) is 30.3 Å². The van der Waals surface area contributed by atoms with Gasteiger partial charge >= 0.3 is 0 Å². The number of nitrogens with zero attached hydrogens (tertiary/aromatic N) is 2. The van der Waals surface area contributed by atoms with Crippen molar-refractivity contribution in [1.82, 2.24) is 4.90 Å². The summed E-state index contributed by atoms with van der Waals surface area (Å²) < 4.78 is 26.4. The Bertz CT molecular complexity index is 588. The van der Waals surface area contributed by atoms with Crippen molar-refractivity contribution >= 4 is 5.70 Å². The Hall–Kier alpha value is -1.89. The Morgan fingerprint density at radius 3 is 2.40 bits per heavy atom. The summed E-state index contributed by atoms with van der Waals surface area (Å²) in [5.74, 6) is -2.50. The van der Waals surface area contributed by atoms with Gasteiger partial charge in [-0.3, -0.25) is 0 Å². The molecule has 104 valence electrons. The Labute approximate surface area is 117 Å². The molecule has 3 rings (SSSR count). The van der Waals surface area contributed by atoms with Crippen molar-refractivity contribution < 1.29 is 8.78 Å². The Kier molecular flexibility index (Phi) is 2.82. The zero-order valence-corrected chi connectivity index (χ0v) is 11.4. The molecule has 0 N–H and O–H groups in total. The van der Waals surface area contributed by atoms with E-state index in [-0.39, 0.29) is 18.3 Å². The molecule has 1 aromatic carbocycles. The monoisotopic (exact) mass is 274 g/mol. The lowest BCUT2D eigenvalue weighted by atomic mass is 9.62. The zero-order valence-electron chi connectivity index (χ0n) is 11.4. The van der Waals surface area contributed by atoms with Gasteiger partial charge < -0.3 is 4.90 Å². The number of benzene rings is 1. The van der Waals surface area contributed by atoms with Gasteiger partial charge in [0.05, 0.1) is 11.6 Å². The Morgan fingerprint density at radius 1 is 1.20 bits per heavy atom. The van der Waals surface area contributed by atoms with Crippen molar-refractivity contribution in [3.05, 3.63) is 41.5 Å². The summed E-state index contributed by atoms with van der Waals surface area (Å²) in [6.07, 6.45) is 2.73. The van der Waals surface area contributed by atoms with Crippen LogP contribution in [-0.2, 0) is 0 Å². The summed E-state index contributed by atoms with van der Waals surface area (Å²) in [5, 5.41) is 8.82. The van der Waals surface area contributed by atoms with Crippen LogP contribution in [0.5, 0.6) is 0 Å². The standard InChI is InChI=1S/C16H16F2N2/c1-20-7-6-15(10-16(17,18)11-15)8-14(20)13-4-2-12(9-19)3-5-13/h2-5,8H,6-7,10-11H2,1H3. The van der Waals surface area contributed by atoms with Gasteiger partial charge in [-0.2, -0.15) is 5.26 Å². The van der Waals surface area contributed by atoms with Crippen LogP contribution in [0.1, 0.15) is 30.4 Å². The first-order valence-corrected chi connectivity index (χ1v) is 6.76. The van der Waals surface area contributed by atoms with E-state index in [2.05, 4.69) is 11.0 Å². The fourth-order valence-corrected chi connectivity index (χ4v) is 3.26. The van der Waals surface area contributed by atoms with E-state index in [0.717, 1.165) is 24.2 Å². The largest absolute Gasteiger partial charge is 0.374 e. The molecule has 0 bridgehead atoms. The zero-order chi connectivity index (χ0) is 14.4. The minimum Gasteiger partial charge on any atom is -0.374 e. The molecular weight excluding hydrogens is 258 g/mol. The van der Waals surface area contributed by atoms with E-state index in [0.29, 0.717) is 5.56 Å². The van der Waals surface area contributed by atoms with Gasteiger partial charge in [-0.15, -0.1) is 0 Å². The SMILES string of the molecule is CN1CCC2(C=C1c1ccc(C#N)cc1)CC(F)(F)C2. The van der Waals surface area contributed by atoms with Crippen LogP contribution in [0, 0.1) is 16.7 Å². The molecule has 0 unspecified atom stereocenters. The van der Waals surface area contributed by atoms with Crippen LogP contribution in [-0.4, -0.2) is 24.4 Å². The third-order valence-corrected chi connectivity index (χ3v) is 4.33. The minimum atomic E-state index is -2.50. The molecule has 1 aliphatic carbocycles. The number of nitriles is 1. The van der Waals surface area contributed by atoms with E-state index in [1.54, 1.807) is 12.1 Å². The van der Waals surface area contributed by atoms with Gasteiger partial charge in [0.25, 0.3) is 0 Å². The molecule has 1 saturated carbocycles. The molecule has 0 radical (unpaired) electrons. The Morgan fingerprint density at radius 2 is 1.85 bits per heavy atom. The average molecular weight is 274 g/mol. The van der Waals surface area contributed by atoms with Crippen LogP contribution in [0.25, 0.3) is 5.70 Å². The van der Waals surface area contributed by atoms with Crippen molar-refractivity contribution in [2.45, 2.75) is 25.2 Å². The highest BCUT2D eigenvalue weighted by atomic mass is 19.3. The highest BCUT2D eigenvalue weighted by molar-refractivity contribution is 5.66. The van der Waals surface area contributed by atoms with Gasteiger partial charge in [0.15, 0.2) is 0 Å². The van der Waals surface area contributed by atoms with Gasteiger partial charge in [-0.1, -0.05) is 18.2 Å². The maximum Gasteiger partial charge on any atom is 0.249 e. The molecular formula is C16H16F2N2. The molecule has 20 heavy (non-hydrogen) atoms. The smallest absolute Gasteiger partial charge is 0.249 e. The number of halogens is 2. The number of rotatable bonds is 1. The van der Waals surface area contributed by atoms with Crippen LogP contribution >= 0.6 is 0 Å². The fourth-order valence-electron chi connectivity index (χ4n) is 3.26. The van der Waals surface area contributed by atoms with Crippen molar-refractivity contribution in [2.75, 3.05) is 13.6 Å². The molecule has 0 amide bonds. The van der Waals surface area contributed by atoms with Gasteiger partial charge in [-0.05, 0) is 24.1 Å². The molecule has 1 heterocycles. The van der Waals surface area contributed by atoms with E-state index >= 15 is 0 Å². The van der Waals surface area contributed by atoms with Crippen LogP contribution in [0.3, 0.4) is 0 Å². The van der Waals surface area contributed by atoms with Crippen LogP contribution in [0.4, 0.5) is 8.78 Å². The highest BCUT2D eigenvalue weighted by Gasteiger charge is 2.56. The average Bonchev–Trinajstić information content (AvgIpc) is 2.40. The number of alkyl halides is 2. The molecule has 1 fully saturated rings. The minimum absolute atomic E-state index is 0.0341. The molecule has 2 aliphatic rings. The molecule has 0 aromatic heterocycles. The molecule has 2 nitrogen and oxygen atoms in total. The second kappa shape index (κ2) is 4.31. The second-order valence-electron chi connectivity index (χ2n) is 5.96. The van der Waals surface area contributed by atoms with E-state index in [1.807, 2.05) is 25.3 Å². The lowest BCUT2D eigenvalue weighted by Gasteiger charge is -2.49. The summed E-state index contributed by atoms with van der Waals surface area (Å²) in [4.78, 5) is 2.10. The van der Waals surface area contributed by atoms with Gasteiger partial charge in [0.2, 0.25) is 5.92 Å². The summed E-state index contributed by atoms with van der Waals surface area (Å²) in [6, 6.07) is 9.39. The topological polar surface area (TPSA) is 27.0 Å². The summed E-state index contributed by atoms with van der Waals surface area (Å²) in [5.41, 5.74) is 2.26. The first-order valence-electron chi connectivity index (χ1n) is 6.76. The van der Waals surface area contributed by atoms with Crippen molar-refractivity contribution in [3.8, 4) is 6.07 Å². The lowest BCUT2D eigenvalue weighted by molar-refractivity contribution is -0.146. The fraction of sp³-hybridized carbons (Fsp3) is 0.438. The third kappa shape index (κ3) is 2.18. The first-order chi connectivity index (χ1) is 9.43. The summed E-state index contributed by atoms with van der Waals surface area (Å²) in [6.45, 7) is 0.794. The summed E-state index contributed by atoms with van der Waals surface area (Å²) in [7, 11) is 1.98. The van der Waals surface area contributed by atoms with Crippen molar-refractivity contribution in [2.24, 2.45) is 5.41 Å². The molecule has 1 aromatic rings. The van der Waals surface area contributed by atoms with Gasteiger partial charge in [0.1, 0.15) is 0 Å². The Balaban J connectivity index is 1.92. The molecule has 4 heteroatoms. The van der Waals surface area contributed by atoms with E-state index in [1.165, 1.54) is 0 Å². The lowest BCUT2D eigenvalue weighted by Crippen LogP contribution is -2.48. The van der Waals surface area contributed by atoms with Crippen molar-refractivity contribution in [1.29, 1.82) is 5.26 Å². The van der Waals surface area contributed by atoms with E-state index < -0.39 is 5.92 Å². The number of hydrogen-bond donors (Lipinski definition) is 0. The second-order valence-corrected chi connectivity index (χ2v) is 5.96. The first kappa shape index (κ1) is 13.1. The molecule has 1 spiro atoms. The predicted molar refractivity (Wildman–Crippen MR) is 73.0 cm³/mol. The number of hydrogen-bond acceptors (Lipinski definition) is 2. The van der Waals surface area contributed by atoms with Gasteiger partial charge in [-0.25, -0.2) is 8.78 Å². The maximum absolute atomic E-state index is 13.2. The van der Waals surface area contributed by atoms with Crippen LogP contribution < -0.4 is 0 Å². The number of allylic oxidation sites excluding steroid dienone is 1. The van der Waals surface area contributed by atoms with Crippen LogP contribution in [0.2, 0.25) is 0 Å². The molecule has 1 aliphatic heterocycles. The van der Waals surface area contributed by atoms with E-state index in [4.69, 9.17) is 5.26 Å². The summed E-state index contributed by atoms with van der Waals surface area (Å²) >= 11 is 0. The van der Waals surface area contributed by atoms with E-state index in [9.17, 15) is 8.78 Å². The van der Waals surface area contributed by atoms with Gasteiger partial charge in [0, 0.05) is 37.5 Å². The third-order valence-electron chi connectivity index (χ3n) is 4.33.